The first-order valence-corrected chi connectivity index (χ1v) is 6.22. The van der Waals surface area contributed by atoms with Crippen molar-refractivity contribution in [2.24, 2.45) is 0 Å². The van der Waals surface area contributed by atoms with Gasteiger partial charge in [-0.15, -0.1) is 0 Å². The number of benzene rings is 2. The van der Waals surface area contributed by atoms with Crippen LogP contribution in [0.1, 0.15) is 16.7 Å². The van der Waals surface area contributed by atoms with Gasteiger partial charge < -0.3 is 10.2 Å². The summed E-state index contributed by atoms with van der Waals surface area (Å²) in [6.45, 7) is 1.51. The Kier molecular flexibility index (Phi) is 3.93. The van der Waals surface area contributed by atoms with Gasteiger partial charge in [0.25, 0.3) is 11.4 Å². The molecule has 2 rings (SSSR count). The molecule has 8 heteroatoms. The van der Waals surface area contributed by atoms with Crippen LogP contribution in [0, 0.1) is 27.2 Å². The minimum Gasteiger partial charge on any atom is -0.508 e. The Labute approximate surface area is 124 Å². The van der Waals surface area contributed by atoms with E-state index in [0.717, 1.165) is 6.07 Å². The largest absolute Gasteiger partial charge is 0.508 e. The van der Waals surface area contributed by atoms with Gasteiger partial charge >= 0.3 is 0 Å². The fourth-order valence-electron chi connectivity index (χ4n) is 2.10. The minimum atomic E-state index is -0.610. The molecule has 0 fully saturated rings. The topological polar surface area (TPSA) is 127 Å². The third-order valence-corrected chi connectivity index (χ3v) is 3.23. The van der Waals surface area contributed by atoms with Crippen LogP contribution in [0.3, 0.4) is 0 Å². The van der Waals surface area contributed by atoms with Crippen molar-refractivity contribution in [1.82, 2.24) is 0 Å². The Bertz CT molecular complexity index is 772. The van der Waals surface area contributed by atoms with Crippen molar-refractivity contribution in [3.8, 4) is 11.5 Å². The molecular formula is C14H12N2O6. The Hall–Kier alpha value is -3.16. The van der Waals surface area contributed by atoms with Gasteiger partial charge in [0.1, 0.15) is 11.5 Å². The molecule has 0 amide bonds. The molecule has 8 nitrogen and oxygen atoms in total. The molecule has 0 atom stereocenters. The highest BCUT2D eigenvalue weighted by molar-refractivity contribution is 5.53. The third kappa shape index (κ3) is 2.95. The standard InChI is InChI=1S/C14H12N2O6/c1-8-4-12(16(21)22)7-10(14(8)18)5-9-6-11(15(19)20)2-3-13(9)17/h2-4,6-7,17-18H,5H2,1H3. The zero-order valence-corrected chi connectivity index (χ0v) is 11.5. The molecule has 0 aliphatic heterocycles. The maximum atomic E-state index is 10.9. The average molecular weight is 304 g/mol. The van der Waals surface area contributed by atoms with Crippen LogP contribution in [0.4, 0.5) is 11.4 Å². The number of nitro groups is 2. The Balaban J connectivity index is 2.49. The van der Waals surface area contributed by atoms with Crippen molar-refractivity contribution in [3.63, 3.8) is 0 Å². The molecule has 0 unspecified atom stereocenters. The van der Waals surface area contributed by atoms with Crippen LogP contribution in [0.2, 0.25) is 0 Å². The summed E-state index contributed by atoms with van der Waals surface area (Å²) >= 11 is 0. The first-order valence-electron chi connectivity index (χ1n) is 6.22. The highest BCUT2D eigenvalue weighted by Crippen LogP contribution is 2.32. The van der Waals surface area contributed by atoms with Gasteiger partial charge in [0.2, 0.25) is 0 Å². The number of nitro benzene ring substituents is 2. The summed E-state index contributed by atoms with van der Waals surface area (Å²) in [5.41, 5.74) is 0.311. The van der Waals surface area contributed by atoms with Gasteiger partial charge in [0.05, 0.1) is 9.85 Å². The number of phenols is 2. The molecule has 0 radical (unpaired) electrons. The van der Waals surface area contributed by atoms with E-state index in [1.54, 1.807) is 0 Å². The lowest BCUT2D eigenvalue weighted by Crippen LogP contribution is -1.97. The number of phenolic OH excluding ortho intramolecular Hbond substituents is 2. The first-order chi connectivity index (χ1) is 10.3. The maximum absolute atomic E-state index is 10.9. The number of rotatable bonds is 4. The second kappa shape index (κ2) is 5.68. The second-order valence-electron chi connectivity index (χ2n) is 4.77. The van der Waals surface area contributed by atoms with Gasteiger partial charge in [0, 0.05) is 41.8 Å². The summed E-state index contributed by atoms with van der Waals surface area (Å²) in [5, 5.41) is 41.4. The molecule has 0 saturated heterocycles. The monoisotopic (exact) mass is 304 g/mol. The fraction of sp³-hybridized carbons (Fsp3) is 0.143. The van der Waals surface area contributed by atoms with Crippen LogP contribution in [-0.4, -0.2) is 20.1 Å². The number of aromatic hydroxyl groups is 2. The number of nitrogens with zero attached hydrogens (tertiary/aromatic N) is 2. The maximum Gasteiger partial charge on any atom is 0.270 e. The van der Waals surface area contributed by atoms with E-state index in [2.05, 4.69) is 0 Å². The average Bonchev–Trinajstić information content (AvgIpc) is 2.45. The van der Waals surface area contributed by atoms with E-state index in [9.17, 15) is 30.4 Å². The van der Waals surface area contributed by atoms with Crippen molar-refractivity contribution < 1.29 is 20.1 Å². The molecule has 0 saturated carbocycles. The number of aryl methyl sites for hydroxylation is 1. The van der Waals surface area contributed by atoms with E-state index in [1.807, 2.05) is 0 Å². The lowest BCUT2D eigenvalue weighted by atomic mass is 10.00. The van der Waals surface area contributed by atoms with Crippen LogP contribution in [0.25, 0.3) is 0 Å². The molecule has 114 valence electrons. The predicted molar refractivity (Wildman–Crippen MR) is 77.1 cm³/mol. The van der Waals surface area contributed by atoms with Gasteiger partial charge in [0.15, 0.2) is 0 Å². The normalized spacial score (nSPS) is 10.4. The molecular weight excluding hydrogens is 292 g/mol. The van der Waals surface area contributed by atoms with Crippen molar-refractivity contribution in [2.45, 2.75) is 13.3 Å². The van der Waals surface area contributed by atoms with E-state index in [0.29, 0.717) is 5.56 Å². The van der Waals surface area contributed by atoms with Gasteiger partial charge in [-0.3, -0.25) is 20.2 Å². The van der Waals surface area contributed by atoms with E-state index in [-0.39, 0.29) is 40.4 Å². The van der Waals surface area contributed by atoms with Crippen molar-refractivity contribution >= 4 is 11.4 Å². The Morgan fingerprint density at radius 3 is 2.14 bits per heavy atom. The number of hydrogen-bond acceptors (Lipinski definition) is 6. The SMILES string of the molecule is Cc1cc([N+](=O)[O-])cc(Cc2cc([N+](=O)[O-])ccc2O)c1O. The zero-order chi connectivity index (χ0) is 16.4. The molecule has 0 heterocycles. The van der Waals surface area contributed by atoms with Crippen molar-refractivity contribution in [2.75, 3.05) is 0 Å². The van der Waals surface area contributed by atoms with E-state index < -0.39 is 9.85 Å². The fourth-order valence-corrected chi connectivity index (χ4v) is 2.10. The van der Waals surface area contributed by atoms with Crippen LogP contribution < -0.4 is 0 Å². The molecule has 22 heavy (non-hydrogen) atoms. The van der Waals surface area contributed by atoms with Gasteiger partial charge in [-0.25, -0.2) is 0 Å². The number of hydrogen-bond donors (Lipinski definition) is 2. The highest BCUT2D eigenvalue weighted by Gasteiger charge is 2.17. The first kappa shape index (κ1) is 15.2. The van der Waals surface area contributed by atoms with E-state index >= 15 is 0 Å². The second-order valence-corrected chi connectivity index (χ2v) is 4.77. The minimum absolute atomic E-state index is 0.0676. The summed E-state index contributed by atoms with van der Waals surface area (Å²) in [5.74, 6) is -0.328. The summed E-state index contributed by atoms with van der Waals surface area (Å²) in [4.78, 5) is 20.4. The van der Waals surface area contributed by atoms with Crippen LogP contribution in [0.15, 0.2) is 30.3 Å². The summed E-state index contributed by atoms with van der Waals surface area (Å²) in [7, 11) is 0. The molecule has 2 N–H and O–H groups in total. The van der Waals surface area contributed by atoms with E-state index in [4.69, 9.17) is 0 Å². The summed E-state index contributed by atoms with van der Waals surface area (Å²) in [6.07, 6.45) is -0.0676. The summed E-state index contributed by atoms with van der Waals surface area (Å²) < 4.78 is 0. The molecule has 2 aromatic carbocycles. The third-order valence-electron chi connectivity index (χ3n) is 3.23. The van der Waals surface area contributed by atoms with Crippen LogP contribution in [0.5, 0.6) is 11.5 Å². The molecule has 0 spiro atoms. The lowest BCUT2D eigenvalue weighted by Gasteiger charge is -2.09. The quantitative estimate of drug-likeness (QED) is 0.660. The van der Waals surface area contributed by atoms with Gasteiger partial charge in [-0.1, -0.05) is 0 Å². The lowest BCUT2D eigenvalue weighted by molar-refractivity contribution is -0.385. The Morgan fingerprint density at radius 1 is 0.955 bits per heavy atom. The van der Waals surface area contributed by atoms with Gasteiger partial charge in [-0.05, 0) is 18.6 Å². The summed E-state index contributed by atoms with van der Waals surface area (Å²) in [6, 6.07) is 5.90. The van der Waals surface area contributed by atoms with Crippen molar-refractivity contribution in [3.05, 3.63) is 67.3 Å². The molecule has 0 aliphatic rings. The smallest absolute Gasteiger partial charge is 0.270 e. The van der Waals surface area contributed by atoms with Gasteiger partial charge in [-0.2, -0.15) is 0 Å². The van der Waals surface area contributed by atoms with E-state index in [1.165, 1.54) is 31.2 Å². The molecule has 2 aromatic rings. The van der Waals surface area contributed by atoms with Crippen LogP contribution in [-0.2, 0) is 6.42 Å². The zero-order valence-electron chi connectivity index (χ0n) is 11.5. The van der Waals surface area contributed by atoms with Crippen molar-refractivity contribution in [1.29, 1.82) is 0 Å². The highest BCUT2D eigenvalue weighted by atomic mass is 16.6. The Morgan fingerprint density at radius 2 is 1.55 bits per heavy atom. The predicted octanol–water partition coefficient (Wildman–Crippen LogP) is 2.81. The molecule has 0 aromatic heterocycles. The number of non-ortho nitro benzene ring substituents is 2. The molecule has 0 aliphatic carbocycles. The van der Waals surface area contributed by atoms with Crippen LogP contribution >= 0.6 is 0 Å². The molecule has 0 bridgehead atoms.